The number of carbonyl (C=O) groups excluding carboxylic acids is 1. The first-order chi connectivity index (χ1) is 11.0. The molecule has 8 nitrogen and oxygen atoms in total. The number of rotatable bonds is 6. The fourth-order valence-electron chi connectivity index (χ4n) is 2.20. The molecular weight excluding hydrogens is 318 g/mol. The van der Waals surface area contributed by atoms with Crippen LogP contribution in [0, 0.1) is 17.0 Å². The van der Waals surface area contributed by atoms with Crippen LogP contribution in [-0.2, 0) is 4.79 Å². The van der Waals surface area contributed by atoms with Crippen LogP contribution >= 0.6 is 11.8 Å². The highest BCUT2D eigenvalue weighted by molar-refractivity contribution is 7.99. The van der Waals surface area contributed by atoms with Gasteiger partial charge in [0.2, 0.25) is 5.91 Å². The fourth-order valence-corrected chi connectivity index (χ4v) is 3.05. The Hall–Kier alpha value is -2.42. The van der Waals surface area contributed by atoms with E-state index in [1.54, 1.807) is 0 Å². The van der Waals surface area contributed by atoms with Gasteiger partial charge in [0.1, 0.15) is 5.82 Å². The van der Waals surface area contributed by atoms with Crippen molar-refractivity contribution >= 4 is 29.0 Å². The number of nitro benzene ring substituents is 1. The minimum absolute atomic E-state index is 0.00890. The van der Waals surface area contributed by atoms with Gasteiger partial charge in [-0.05, 0) is 31.9 Å². The molecule has 1 saturated carbocycles. The minimum Gasteiger partial charge on any atom is -0.325 e. The minimum atomic E-state index is -0.478. The Kier molecular flexibility index (Phi) is 4.28. The molecule has 1 aliphatic carbocycles. The first-order valence-electron chi connectivity index (χ1n) is 7.13. The maximum Gasteiger partial charge on any atom is 0.269 e. The summed E-state index contributed by atoms with van der Waals surface area (Å²) in [6.45, 7) is 1.91. The van der Waals surface area contributed by atoms with Gasteiger partial charge in [0.25, 0.3) is 5.69 Å². The standard InChI is InChI=1S/C14H15N5O3S/c1-9-16-17-14(18(9)11-6-7-11)23-8-13(20)15-10-2-4-12(5-3-10)19(21)22/h2-5,11H,6-8H2,1H3,(H,15,20). The lowest BCUT2D eigenvalue weighted by atomic mass is 10.3. The molecule has 0 atom stereocenters. The first-order valence-corrected chi connectivity index (χ1v) is 8.12. The van der Waals surface area contributed by atoms with E-state index in [-0.39, 0.29) is 17.3 Å². The number of nitrogens with one attached hydrogen (secondary N) is 1. The van der Waals surface area contributed by atoms with E-state index in [1.807, 2.05) is 6.92 Å². The topological polar surface area (TPSA) is 103 Å². The van der Waals surface area contributed by atoms with Crippen LogP contribution in [0.2, 0.25) is 0 Å². The van der Waals surface area contributed by atoms with Gasteiger partial charge in [-0.3, -0.25) is 14.9 Å². The van der Waals surface area contributed by atoms with E-state index < -0.39 is 4.92 Å². The van der Waals surface area contributed by atoms with Crippen LogP contribution in [-0.4, -0.2) is 31.3 Å². The van der Waals surface area contributed by atoms with Crippen LogP contribution < -0.4 is 5.32 Å². The summed E-state index contributed by atoms with van der Waals surface area (Å²) in [4.78, 5) is 22.1. The maximum atomic E-state index is 12.0. The quantitative estimate of drug-likeness (QED) is 0.495. The number of aryl methyl sites for hydroxylation is 1. The molecule has 1 amide bonds. The van der Waals surface area contributed by atoms with Crippen molar-refractivity contribution in [2.45, 2.75) is 31.0 Å². The average molecular weight is 333 g/mol. The third kappa shape index (κ3) is 3.67. The number of amides is 1. The highest BCUT2D eigenvalue weighted by Crippen LogP contribution is 2.38. The number of hydrogen-bond acceptors (Lipinski definition) is 6. The molecular formula is C14H15N5O3S. The molecule has 0 aliphatic heterocycles. The molecule has 3 rings (SSSR count). The molecule has 1 fully saturated rings. The number of anilines is 1. The summed E-state index contributed by atoms with van der Waals surface area (Å²) in [5.74, 6) is 0.889. The lowest BCUT2D eigenvalue weighted by Crippen LogP contribution is -2.14. The van der Waals surface area contributed by atoms with E-state index in [0.717, 1.165) is 23.8 Å². The van der Waals surface area contributed by atoms with Crippen LogP contribution in [0.4, 0.5) is 11.4 Å². The third-order valence-electron chi connectivity index (χ3n) is 3.44. The molecule has 1 aromatic carbocycles. The Morgan fingerprint density at radius 2 is 2.09 bits per heavy atom. The Morgan fingerprint density at radius 1 is 1.39 bits per heavy atom. The van der Waals surface area contributed by atoms with Crippen LogP contribution in [0.15, 0.2) is 29.4 Å². The SMILES string of the molecule is Cc1nnc(SCC(=O)Nc2ccc([N+](=O)[O-])cc2)n1C1CC1. The summed E-state index contributed by atoms with van der Waals surface area (Å²) >= 11 is 1.34. The van der Waals surface area contributed by atoms with Crippen molar-refractivity contribution in [1.29, 1.82) is 0 Å². The molecule has 0 saturated heterocycles. The first kappa shape index (κ1) is 15.5. The number of thioether (sulfide) groups is 1. The number of benzene rings is 1. The molecule has 120 valence electrons. The van der Waals surface area contributed by atoms with Crippen molar-refractivity contribution in [1.82, 2.24) is 14.8 Å². The largest absolute Gasteiger partial charge is 0.325 e. The van der Waals surface area contributed by atoms with Gasteiger partial charge in [0.05, 0.1) is 10.7 Å². The van der Waals surface area contributed by atoms with Gasteiger partial charge < -0.3 is 9.88 Å². The summed E-state index contributed by atoms with van der Waals surface area (Å²) in [5, 5.41) is 22.2. The Morgan fingerprint density at radius 3 is 2.70 bits per heavy atom. The van der Waals surface area contributed by atoms with Gasteiger partial charge in [-0.25, -0.2) is 0 Å². The summed E-state index contributed by atoms with van der Waals surface area (Å²) in [5.41, 5.74) is 0.520. The lowest BCUT2D eigenvalue weighted by Gasteiger charge is -2.07. The predicted octanol–water partition coefficient (Wildman–Crippen LogP) is 2.56. The Balaban J connectivity index is 1.56. The zero-order valence-corrected chi connectivity index (χ0v) is 13.2. The molecule has 1 aliphatic rings. The van der Waals surface area contributed by atoms with Gasteiger partial charge >= 0.3 is 0 Å². The van der Waals surface area contributed by atoms with Crippen molar-refractivity contribution in [3.05, 3.63) is 40.2 Å². The molecule has 0 spiro atoms. The number of non-ortho nitro benzene ring substituents is 1. The van der Waals surface area contributed by atoms with Gasteiger partial charge in [0.15, 0.2) is 5.16 Å². The third-order valence-corrected chi connectivity index (χ3v) is 4.38. The molecule has 9 heteroatoms. The molecule has 0 bridgehead atoms. The second kappa shape index (κ2) is 6.37. The van der Waals surface area contributed by atoms with Crippen LogP contribution in [0.25, 0.3) is 0 Å². The fraction of sp³-hybridized carbons (Fsp3) is 0.357. The zero-order valence-electron chi connectivity index (χ0n) is 12.4. The molecule has 23 heavy (non-hydrogen) atoms. The van der Waals surface area contributed by atoms with Crippen molar-refractivity contribution < 1.29 is 9.72 Å². The molecule has 0 unspecified atom stereocenters. The lowest BCUT2D eigenvalue weighted by molar-refractivity contribution is -0.384. The van der Waals surface area contributed by atoms with E-state index >= 15 is 0 Å². The number of hydrogen-bond donors (Lipinski definition) is 1. The van der Waals surface area contributed by atoms with Crippen LogP contribution in [0.3, 0.4) is 0 Å². The molecule has 1 aromatic heterocycles. The molecule has 1 N–H and O–H groups in total. The van der Waals surface area contributed by atoms with Gasteiger partial charge in [-0.1, -0.05) is 11.8 Å². The molecule has 2 aromatic rings. The monoisotopic (exact) mass is 333 g/mol. The smallest absolute Gasteiger partial charge is 0.269 e. The predicted molar refractivity (Wildman–Crippen MR) is 85.5 cm³/mol. The van der Waals surface area contributed by atoms with Crippen LogP contribution in [0.5, 0.6) is 0 Å². The van der Waals surface area contributed by atoms with Crippen molar-refractivity contribution in [2.24, 2.45) is 0 Å². The number of nitro groups is 1. The molecule has 1 heterocycles. The van der Waals surface area contributed by atoms with E-state index in [1.165, 1.54) is 36.0 Å². The van der Waals surface area contributed by atoms with Gasteiger partial charge in [-0.15, -0.1) is 10.2 Å². The Bertz CT molecular complexity index is 739. The maximum absolute atomic E-state index is 12.0. The second-order valence-corrected chi connectivity index (χ2v) is 6.21. The number of nitrogens with zero attached hydrogens (tertiary/aromatic N) is 4. The molecule has 0 radical (unpaired) electrons. The Labute approximate surface area is 136 Å². The second-order valence-electron chi connectivity index (χ2n) is 5.27. The highest BCUT2D eigenvalue weighted by atomic mass is 32.2. The zero-order chi connectivity index (χ0) is 16.4. The summed E-state index contributed by atoms with van der Waals surface area (Å²) in [7, 11) is 0. The van der Waals surface area contributed by atoms with E-state index in [0.29, 0.717) is 11.7 Å². The highest BCUT2D eigenvalue weighted by Gasteiger charge is 2.28. The summed E-state index contributed by atoms with van der Waals surface area (Å²) < 4.78 is 2.07. The van der Waals surface area contributed by atoms with E-state index in [9.17, 15) is 14.9 Å². The van der Waals surface area contributed by atoms with Crippen LogP contribution in [0.1, 0.15) is 24.7 Å². The van der Waals surface area contributed by atoms with E-state index in [2.05, 4.69) is 20.1 Å². The number of carbonyl (C=O) groups is 1. The summed E-state index contributed by atoms with van der Waals surface area (Å²) in [6, 6.07) is 6.20. The average Bonchev–Trinajstić information content (AvgIpc) is 3.29. The van der Waals surface area contributed by atoms with Crippen molar-refractivity contribution in [2.75, 3.05) is 11.1 Å². The van der Waals surface area contributed by atoms with Crippen molar-refractivity contribution in [3.8, 4) is 0 Å². The number of aromatic nitrogens is 3. The van der Waals surface area contributed by atoms with Gasteiger partial charge in [0, 0.05) is 23.9 Å². The summed E-state index contributed by atoms with van der Waals surface area (Å²) in [6.07, 6.45) is 2.25. The van der Waals surface area contributed by atoms with Gasteiger partial charge in [-0.2, -0.15) is 0 Å². The van der Waals surface area contributed by atoms with Crippen molar-refractivity contribution in [3.63, 3.8) is 0 Å². The van der Waals surface area contributed by atoms with E-state index in [4.69, 9.17) is 0 Å². The normalized spacial score (nSPS) is 13.8.